The zero-order chi connectivity index (χ0) is 22.7. The molecule has 0 amide bonds. The first kappa shape index (κ1) is 27.9. The van der Waals surface area contributed by atoms with Gasteiger partial charge < -0.3 is 18.9 Å². The van der Waals surface area contributed by atoms with Gasteiger partial charge in [0.05, 0.1) is 32.7 Å². The third-order valence-electron chi connectivity index (χ3n) is 4.51. The van der Waals surface area contributed by atoms with Crippen LogP contribution >= 0.6 is 0 Å². The summed E-state index contributed by atoms with van der Waals surface area (Å²) in [6, 6.07) is 0. The molecule has 0 spiro atoms. The molecule has 0 bridgehead atoms. The first-order chi connectivity index (χ1) is 14.5. The minimum absolute atomic E-state index is 0.0437. The van der Waals surface area contributed by atoms with E-state index >= 15 is 0 Å². The van der Waals surface area contributed by atoms with Crippen molar-refractivity contribution < 1.29 is 38.1 Å². The molecule has 0 fully saturated rings. The molecule has 0 saturated heterocycles. The van der Waals surface area contributed by atoms with Gasteiger partial charge in [-0.05, 0) is 19.3 Å². The molecule has 0 aliphatic carbocycles. The molecule has 0 aromatic rings. The average molecular weight is 431 g/mol. The van der Waals surface area contributed by atoms with Crippen LogP contribution in [0.4, 0.5) is 0 Å². The molecule has 0 rings (SSSR count). The molecule has 0 heterocycles. The second kappa shape index (κ2) is 17.7. The lowest BCUT2D eigenvalue weighted by atomic mass is 9.95. The van der Waals surface area contributed by atoms with E-state index in [9.17, 15) is 19.2 Å². The van der Waals surface area contributed by atoms with Gasteiger partial charge >= 0.3 is 17.9 Å². The Labute approximate surface area is 180 Å². The van der Waals surface area contributed by atoms with Crippen LogP contribution in [0, 0.1) is 0 Å². The highest BCUT2D eigenvalue weighted by molar-refractivity contribution is 5.91. The molecule has 0 aliphatic heterocycles. The van der Waals surface area contributed by atoms with Crippen LogP contribution in [0.2, 0.25) is 0 Å². The van der Waals surface area contributed by atoms with E-state index in [-0.39, 0.29) is 26.3 Å². The molecule has 8 nitrogen and oxygen atoms in total. The van der Waals surface area contributed by atoms with Gasteiger partial charge in [-0.2, -0.15) is 0 Å². The highest BCUT2D eigenvalue weighted by atomic mass is 16.6. The maximum atomic E-state index is 12.7. The Morgan fingerprint density at radius 2 is 1.07 bits per heavy atom. The van der Waals surface area contributed by atoms with Gasteiger partial charge in [0.25, 0.3) is 6.47 Å². The number of ether oxygens (including phenoxy) is 4. The molecular weight excluding hydrogens is 392 g/mol. The molecule has 0 radical (unpaired) electrons. The van der Waals surface area contributed by atoms with Gasteiger partial charge in [-0.3, -0.25) is 14.4 Å². The van der Waals surface area contributed by atoms with Crippen LogP contribution in [0.1, 0.15) is 91.4 Å². The van der Waals surface area contributed by atoms with Crippen LogP contribution in [0.3, 0.4) is 0 Å². The van der Waals surface area contributed by atoms with Gasteiger partial charge in [0, 0.05) is 0 Å². The smallest absolute Gasteiger partial charge is 0.351 e. The Morgan fingerprint density at radius 1 is 0.667 bits per heavy atom. The highest BCUT2D eigenvalue weighted by Crippen LogP contribution is 2.25. The quantitative estimate of drug-likeness (QED) is 0.132. The van der Waals surface area contributed by atoms with E-state index in [1.54, 1.807) is 0 Å². The van der Waals surface area contributed by atoms with E-state index in [1.807, 2.05) is 20.8 Å². The predicted octanol–water partition coefficient (Wildman–Crippen LogP) is 3.88. The van der Waals surface area contributed by atoms with Crippen LogP contribution in [-0.2, 0) is 38.1 Å². The maximum Gasteiger partial charge on any atom is 0.351 e. The van der Waals surface area contributed by atoms with Gasteiger partial charge in [0.15, 0.2) is 0 Å². The second-order valence-corrected chi connectivity index (χ2v) is 7.26. The number of esters is 3. The minimum atomic E-state index is -2.09. The molecule has 8 heteroatoms. The monoisotopic (exact) mass is 430 g/mol. The van der Waals surface area contributed by atoms with Crippen LogP contribution < -0.4 is 0 Å². The van der Waals surface area contributed by atoms with Gasteiger partial charge in [0.1, 0.15) is 0 Å². The summed E-state index contributed by atoms with van der Waals surface area (Å²) in [6.07, 6.45) is 6.29. The van der Waals surface area contributed by atoms with Crippen molar-refractivity contribution in [2.75, 3.05) is 19.8 Å². The summed E-state index contributed by atoms with van der Waals surface area (Å²) in [5.41, 5.74) is -2.09. The van der Waals surface area contributed by atoms with Crippen molar-refractivity contribution in [1.29, 1.82) is 0 Å². The lowest BCUT2D eigenvalue weighted by molar-refractivity contribution is -0.185. The second-order valence-electron chi connectivity index (χ2n) is 7.26. The molecule has 0 aromatic heterocycles. The van der Waals surface area contributed by atoms with Crippen molar-refractivity contribution in [2.24, 2.45) is 0 Å². The molecule has 174 valence electrons. The summed E-state index contributed by atoms with van der Waals surface area (Å²) in [5.74, 6) is -2.42. The molecule has 0 unspecified atom stereocenters. The third-order valence-corrected chi connectivity index (χ3v) is 4.51. The molecular formula is C22H38O8. The minimum Gasteiger partial charge on any atom is -0.466 e. The van der Waals surface area contributed by atoms with Crippen molar-refractivity contribution in [3.05, 3.63) is 0 Å². The molecule has 0 atom stereocenters. The van der Waals surface area contributed by atoms with E-state index in [1.165, 1.54) is 0 Å². The van der Waals surface area contributed by atoms with Crippen molar-refractivity contribution in [1.82, 2.24) is 0 Å². The van der Waals surface area contributed by atoms with E-state index in [2.05, 4.69) is 0 Å². The van der Waals surface area contributed by atoms with Gasteiger partial charge in [0.2, 0.25) is 5.60 Å². The van der Waals surface area contributed by atoms with Crippen LogP contribution in [0.5, 0.6) is 0 Å². The number of carbonyl (C=O) groups excluding carboxylic acids is 4. The fourth-order valence-corrected chi connectivity index (χ4v) is 2.72. The Morgan fingerprint density at radius 3 is 1.43 bits per heavy atom. The van der Waals surface area contributed by atoms with E-state index in [0.29, 0.717) is 19.3 Å². The van der Waals surface area contributed by atoms with E-state index in [0.717, 1.165) is 38.5 Å². The predicted molar refractivity (Wildman–Crippen MR) is 111 cm³/mol. The molecule has 0 N–H and O–H groups in total. The summed E-state index contributed by atoms with van der Waals surface area (Å²) >= 11 is 0. The van der Waals surface area contributed by atoms with Gasteiger partial charge in [-0.25, -0.2) is 4.79 Å². The van der Waals surface area contributed by atoms with E-state index < -0.39 is 36.4 Å². The van der Waals surface area contributed by atoms with Crippen molar-refractivity contribution in [3.8, 4) is 0 Å². The Kier molecular flexibility index (Phi) is 16.5. The average Bonchev–Trinajstić information content (AvgIpc) is 2.71. The number of carbonyl (C=O) groups is 4. The number of unbranched alkanes of at least 4 members (excludes halogenated alkanes) is 6. The zero-order valence-corrected chi connectivity index (χ0v) is 18.7. The fourth-order valence-electron chi connectivity index (χ4n) is 2.72. The lowest BCUT2D eigenvalue weighted by Gasteiger charge is -2.28. The number of hydrogen-bond donors (Lipinski definition) is 0. The normalized spacial score (nSPS) is 10.9. The van der Waals surface area contributed by atoms with Crippen LogP contribution in [0.15, 0.2) is 0 Å². The SMILES string of the molecule is CCCCCOC(=O)CC(CC(=O)OCCCCC)(OC=O)C(=O)OCCCCC. The summed E-state index contributed by atoms with van der Waals surface area (Å²) < 4.78 is 20.5. The Bertz CT molecular complexity index is 477. The summed E-state index contributed by atoms with van der Waals surface area (Å²) in [7, 11) is 0. The lowest BCUT2D eigenvalue weighted by Crippen LogP contribution is -2.47. The largest absolute Gasteiger partial charge is 0.466 e. The first-order valence-electron chi connectivity index (χ1n) is 11.1. The van der Waals surface area contributed by atoms with Crippen LogP contribution in [-0.4, -0.2) is 49.8 Å². The zero-order valence-electron chi connectivity index (χ0n) is 18.7. The summed E-state index contributed by atoms with van der Waals surface area (Å²) in [5, 5.41) is 0. The summed E-state index contributed by atoms with van der Waals surface area (Å²) in [6.45, 7) is 6.57. The maximum absolute atomic E-state index is 12.7. The van der Waals surface area contributed by atoms with Crippen LogP contribution in [0.25, 0.3) is 0 Å². The van der Waals surface area contributed by atoms with Gasteiger partial charge in [-0.1, -0.05) is 59.3 Å². The van der Waals surface area contributed by atoms with E-state index in [4.69, 9.17) is 18.9 Å². The number of hydrogen-bond acceptors (Lipinski definition) is 8. The molecule has 0 saturated carbocycles. The Balaban J connectivity index is 5.17. The van der Waals surface area contributed by atoms with Crippen molar-refractivity contribution >= 4 is 24.4 Å². The topological polar surface area (TPSA) is 105 Å². The summed E-state index contributed by atoms with van der Waals surface area (Å²) in [4.78, 5) is 48.4. The number of rotatable bonds is 19. The van der Waals surface area contributed by atoms with Crippen molar-refractivity contribution in [2.45, 2.75) is 97.0 Å². The first-order valence-corrected chi connectivity index (χ1v) is 11.1. The highest BCUT2D eigenvalue weighted by Gasteiger charge is 2.47. The standard InChI is InChI=1S/C22H38O8/c1-4-7-10-13-27-19(24)16-22(30-18-23,21(26)29-15-12-9-6-3)17-20(25)28-14-11-8-5-2/h18H,4-17H2,1-3H3. The molecule has 30 heavy (non-hydrogen) atoms. The Hall–Kier alpha value is -2.12. The third kappa shape index (κ3) is 12.4. The fraction of sp³-hybridized carbons (Fsp3) is 0.818. The molecule has 0 aromatic carbocycles. The van der Waals surface area contributed by atoms with Crippen molar-refractivity contribution in [3.63, 3.8) is 0 Å². The molecule has 0 aliphatic rings. The van der Waals surface area contributed by atoms with Gasteiger partial charge in [-0.15, -0.1) is 0 Å².